The topological polar surface area (TPSA) is 85.5 Å². The van der Waals surface area contributed by atoms with Gasteiger partial charge in [-0.15, -0.1) is 12.4 Å². The molecule has 0 saturated carbocycles. The van der Waals surface area contributed by atoms with Crippen molar-refractivity contribution in [1.82, 2.24) is 15.5 Å². The number of piperazine rings is 1. The zero-order valence-electron chi connectivity index (χ0n) is 16.5. The third-order valence-corrected chi connectivity index (χ3v) is 4.70. The molecule has 3 rings (SSSR count). The number of rotatable bonds is 6. The highest BCUT2D eigenvalue weighted by Gasteiger charge is 2.12. The Kier molecular flexibility index (Phi) is 8.92. The van der Waals surface area contributed by atoms with Crippen LogP contribution in [0.4, 0.5) is 16.2 Å². The molecule has 29 heavy (non-hydrogen) atoms. The lowest BCUT2D eigenvalue weighted by Crippen LogP contribution is -2.46. The zero-order chi connectivity index (χ0) is 19.8. The summed E-state index contributed by atoms with van der Waals surface area (Å²) in [5.41, 5.74) is 2.74. The smallest absolute Gasteiger partial charge is 0.323 e. The first kappa shape index (κ1) is 22.7. The number of urea groups is 1. The lowest BCUT2D eigenvalue weighted by molar-refractivity contribution is 0.0947. The van der Waals surface area contributed by atoms with Crippen molar-refractivity contribution in [2.24, 2.45) is 0 Å². The van der Waals surface area contributed by atoms with E-state index in [9.17, 15) is 9.59 Å². The minimum atomic E-state index is -0.342. The van der Waals surface area contributed by atoms with Crippen LogP contribution in [0.2, 0.25) is 0 Å². The van der Waals surface area contributed by atoms with Gasteiger partial charge in [-0.25, -0.2) is 4.79 Å². The number of carbonyl (C=O) groups excluding carboxylic acids is 2. The summed E-state index contributed by atoms with van der Waals surface area (Å²) in [6.45, 7) is 7.33. The molecular weight excluding hydrogens is 390 g/mol. The number of para-hydroxylation sites is 1. The van der Waals surface area contributed by atoms with Gasteiger partial charge < -0.3 is 21.3 Å². The summed E-state index contributed by atoms with van der Waals surface area (Å²) >= 11 is 0. The first-order valence-corrected chi connectivity index (χ1v) is 9.57. The van der Waals surface area contributed by atoms with Crippen molar-refractivity contribution in [3.63, 3.8) is 0 Å². The molecule has 0 atom stereocenters. The number of nitrogens with one attached hydrogen (secondary N) is 4. The van der Waals surface area contributed by atoms with E-state index in [1.165, 1.54) is 0 Å². The minimum absolute atomic E-state index is 0. The molecule has 1 fully saturated rings. The second-order valence-corrected chi connectivity index (χ2v) is 6.82. The molecule has 3 amide bonds. The molecule has 0 aromatic heterocycles. The fraction of sp³-hybridized carbons (Fsp3) is 0.333. The number of amides is 3. The molecule has 1 saturated heterocycles. The number of benzene rings is 2. The van der Waals surface area contributed by atoms with Gasteiger partial charge in [0.2, 0.25) is 0 Å². The number of nitrogens with zero attached hydrogens (tertiary/aromatic N) is 1. The Labute approximate surface area is 177 Å². The summed E-state index contributed by atoms with van der Waals surface area (Å²) in [5, 5.41) is 11.9. The van der Waals surface area contributed by atoms with E-state index in [1.807, 2.05) is 43.3 Å². The van der Waals surface area contributed by atoms with Crippen LogP contribution >= 0.6 is 12.4 Å². The van der Waals surface area contributed by atoms with Crippen LogP contribution in [0, 0.1) is 6.92 Å². The van der Waals surface area contributed by atoms with Crippen molar-refractivity contribution in [3.8, 4) is 0 Å². The van der Waals surface area contributed by atoms with Crippen LogP contribution in [0.25, 0.3) is 0 Å². The second-order valence-electron chi connectivity index (χ2n) is 6.82. The van der Waals surface area contributed by atoms with Crippen molar-refractivity contribution >= 4 is 35.7 Å². The van der Waals surface area contributed by atoms with Crippen LogP contribution < -0.4 is 21.3 Å². The first-order valence-electron chi connectivity index (χ1n) is 9.57. The SMILES string of the molecule is Cc1ccc(C(=O)NCCN2CCNCC2)cc1NC(=O)Nc1ccccc1.Cl. The van der Waals surface area contributed by atoms with Crippen LogP contribution in [-0.4, -0.2) is 56.1 Å². The third-order valence-electron chi connectivity index (χ3n) is 4.70. The molecule has 1 aliphatic heterocycles. The first-order chi connectivity index (χ1) is 13.6. The van der Waals surface area contributed by atoms with Gasteiger partial charge in [0.05, 0.1) is 0 Å². The Morgan fingerprint density at radius 2 is 1.76 bits per heavy atom. The minimum Gasteiger partial charge on any atom is -0.351 e. The molecule has 156 valence electrons. The molecule has 0 aliphatic carbocycles. The van der Waals surface area contributed by atoms with Gasteiger partial charge >= 0.3 is 6.03 Å². The summed E-state index contributed by atoms with van der Waals surface area (Å²) in [4.78, 5) is 27.0. The monoisotopic (exact) mass is 417 g/mol. The molecule has 7 nitrogen and oxygen atoms in total. The molecule has 8 heteroatoms. The quantitative estimate of drug-likeness (QED) is 0.582. The highest BCUT2D eigenvalue weighted by atomic mass is 35.5. The van der Waals surface area contributed by atoms with E-state index < -0.39 is 0 Å². The average Bonchev–Trinajstić information content (AvgIpc) is 2.71. The number of hydrogen-bond donors (Lipinski definition) is 4. The maximum Gasteiger partial charge on any atom is 0.323 e. The second kappa shape index (κ2) is 11.4. The van der Waals surface area contributed by atoms with Crippen LogP contribution in [-0.2, 0) is 0 Å². The number of halogens is 1. The Morgan fingerprint density at radius 3 is 2.48 bits per heavy atom. The summed E-state index contributed by atoms with van der Waals surface area (Å²) in [7, 11) is 0. The van der Waals surface area contributed by atoms with E-state index in [4.69, 9.17) is 0 Å². The van der Waals surface area contributed by atoms with Crippen LogP contribution in [0.1, 0.15) is 15.9 Å². The van der Waals surface area contributed by atoms with Crippen molar-refractivity contribution in [1.29, 1.82) is 0 Å². The van der Waals surface area contributed by atoms with Gasteiger partial charge in [0.1, 0.15) is 0 Å². The fourth-order valence-electron chi connectivity index (χ4n) is 3.07. The van der Waals surface area contributed by atoms with Crippen molar-refractivity contribution in [2.45, 2.75) is 6.92 Å². The predicted octanol–water partition coefficient (Wildman–Crippen LogP) is 2.70. The number of aryl methyl sites for hydroxylation is 1. The largest absolute Gasteiger partial charge is 0.351 e. The van der Waals surface area contributed by atoms with Crippen LogP contribution in [0.5, 0.6) is 0 Å². The van der Waals surface area contributed by atoms with E-state index in [0.29, 0.717) is 23.5 Å². The van der Waals surface area contributed by atoms with Gasteiger partial charge in [-0.05, 0) is 36.8 Å². The lowest BCUT2D eigenvalue weighted by atomic mass is 10.1. The van der Waals surface area contributed by atoms with Crippen molar-refractivity contribution < 1.29 is 9.59 Å². The van der Waals surface area contributed by atoms with E-state index in [0.717, 1.165) is 38.3 Å². The lowest BCUT2D eigenvalue weighted by Gasteiger charge is -2.27. The number of anilines is 2. The molecule has 0 bridgehead atoms. The highest BCUT2D eigenvalue weighted by Crippen LogP contribution is 2.17. The maximum absolute atomic E-state index is 12.5. The standard InChI is InChI=1S/C21H27N5O2.ClH/c1-16-7-8-17(20(27)23-11-14-26-12-9-22-10-13-26)15-19(16)25-21(28)24-18-5-3-2-4-6-18;/h2-8,15,22H,9-14H2,1H3,(H,23,27)(H2,24,25,28);1H. The van der Waals surface area contributed by atoms with E-state index in [1.54, 1.807) is 12.1 Å². The normalized spacial score (nSPS) is 13.8. The highest BCUT2D eigenvalue weighted by molar-refractivity contribution is 6.02. The van der Waals surface area contributed by atoms with Gasteiger partial charge in [0.25, 0.3) is 5.91 Å². The molecule has 2 aromatic carbocycles. The molecule has 0 spiro atoms. The van der Waals surface area contributed by atoms with E-state index in [2.05, 4.69) is 26.2 Å². The van der Waals surface area contributed by atoms with E-state index in [-0.39, 0.29) is 24.3 Å². The van der Waals surface area contributed by atoms with Gasteiger partial charge in [-0.3, -0.25) is 9.69 Å². The van der Waals surface area contributed by atoms with Crippen molar-refractivity contribution in [3.05, 3.63) is 59.7 Å². The van der Waals surface area contributed by atoms with Crippen molar-refractivity contribution in [2.75, 3.05) is 49.9 Å². The molecule has 2 aromatic rings. The molecule has 0 radical (unpaired) electrons. The van der Waals surface area contributed by atoms with Gasteiger partial charge in [0, 0.05) is 56.2 Å². The summed E-state index contributed by atoms with van der Waals surface area (Å²) in [6.07, 6.45) is 0. The maximum atomic E-state index is 12.5. The summed E-state index contributed by atoms with van der Waals surface area (Å²) < 4.78 is 0. The molecule has 1 aliphatic rings. The Hall–Kier alpha value is -2.61. The Bertz CT molecular complexity index is 810. The molecule has 1 heterocycles. The fourth-order valence-corrected chi connectivity index (χ4v) is 3.07. The molecule has 0 unspecified atom stereocenters. The van der Waals surface area contributed by atoms with Gasteiger partial charge in [-0.2, -0.15) is 0 Å². The van der Waals surface area contributed by atoms with Crippen LogP contribution in [0.3, 0.4) is 0 Å². The number of carbonyl (C=O) groups is 2. The Morgan fingerprint density at radius 1 is 1.03 bits per heavy atom. The van der Waals surface area contributed by atoms with Gasteiger partial charge in [-0.1, -0.05) is 24.3 Å². The average molecular weight is 418 g/mol. The van der Waals surface area contributed by atoms with Gasteiger partial charge in [0.15, 0.2) is 0 Å². The predicted molar refractivity (Wildman–Crippen MR) is 119 cm³/mol. The molecular formula is C21H28ClN5O2. The summed E-state index contributed by atoms with van der Waals surface area (Å²) in [6, 6.07) is 14.2. The Balaban J connectivity index is 0.00000300. The molecule has 4 N–H and O–H groups in total. The summed E-state index contributed by atoms with van der Waals surface area (Å²) in [5.74, 6) is -0.137. The van der Waals surface area contributed by atoms with Crippen LogP contribution in [0.15, 0.2) is 48.5 Å². The zero-order valence-corrected chi connectivity index (χ0v) is 17.3. The number of hydrogen-bond acceptors (Lipinski definition) is 4. The van der Waals surface area contributed by atoms with E-state index >= 15 is 0 Å². The third kappa shape index (κ3) is 7.05.